The zero-order valence-corrected chi connectivity index (χ0v) is 18.3. The molecule has 2 aromatic rings. The maximum absolute atomic E-state index is 13.4. The van der Waals surface area contributed by atoms with Gasteiger partial charge in [0.1, 0.15) is 6.04 Å². The molecule has 0 unspecified atom stereocenters. The second-order valence-electron chi connectivity index (χ2n) is 8.35. The number of carbonyl (C=O) groups is 2. The Morgan fingerprint density at radius 2 is 1.67 bits per heavy atom. The van der Waals surface area contributed by atoms with Gasteiger partial charge in [-0.1, -0.05) is 80.8 Å². The number of carbonyl (C=O) groups excluding carboxylic acids is 2. The molecule has 1 fully saturated rings. The molecular weight excluding hydrogens is 372 g/mol. The average molecular weight is 407 g/mol. The predicted octanol–water partition coefficient (Wildman–Crippen LogP) is 4.79. The summed E-state index contributed by atoms with van der Waals surface area (Å²) in [6, 6.07) is 17.8. The molecule has 0 saturated heterocycles. The van der Waals surface area contributed by atoms with Gasteiger partial charge in [-0.15, -0.1) is 0 Å². The highest BCUT2D eigenvalue weighted by Crippen LogP contribution is 2.20. The topological polar surface area (TPSA) is 49.4 Å². The molecule has 0 radical (unpaired) electrons. The Bertz CT molecular complexity index is 828. The van der Waals surface area contributed by atoms with E-state index in [0.29, 0.717) is 19.4 Å². The fraction of sp³-hybridized carbons (Fsp3) is 0.462. The molecule has 0 aliphatic heterocycles. The largest absolute Gasteiger partial charge is 0.352 e. The molecule has 0 bridgehead atoms. The lowest BCUT2D eigenvalue weighted by molar-refractivity contribution is -0.141. The van der Waals surface area contributed by atoms with E-state index in [4.69, 9.17) is 0 Å². The predicted molar refractivity (Wildman–Crippen MR) is 121 cm³/mol. The van der Waals surface area contributed by atoms with E-state index < -0.39 is 6.04 Å². The number of rotatable bonds is 8. The Morgan fingerprint density at radius 3 is 2.33 bits per heavy atom. The van der Waals surface area contributed by atoms with Gasteiger partial charge in [-0.3, -0.25) is 9.59 Å². The fourth-order valence-corrected chi connectivity index (χ4v) is 4.27. The van der Waals surface area contributed by atoms with Crippen molar-refractivity contribution in [2.75, 3.05) is 0 Å². The minimum absolute atomic E-state index is 0.0120. The van der Waals surface area contributed by atoms with Crippen molar-refractivity contribution in [3.05, 3.63) is 71.3 Å². The molecule has 1 aliphatic rings. The molecule has 1 aliphatic carbocycles. The van der Waals surface area contributed by atoms with Gasteiger partial charge in [0.25, 0.3) is 0 Å². The lowest BCUT2D eigenvalue weighted by atomic mass is 9.94. The third-order valence-electron chi connectivity index (χ3n) is 6.13. The normalized spacial score (nSPS) is 15.4. The van der Waals surface area contributed by atoms with Gasteiger partial charge in [0.15, 0.2) is 0 Å². The van der Waals surface area contributed by atoms with Crippen LogP contribution in [0.2, 0.25) is 0 Å². The molecule has 1 N–H and O–H groups in total. The summed E-state index contributed by atoms with van der Waals surface area (Å²) in [5.74, 6) is -0.0147. The molecule has 4 heteroatoms. The van der Waals surface area contributed by atoms with Crippen molar-refractivity contribution in [2.24, 2.45) is 0 Å². The molecule has 1 atom stereocenters. The van der Waals surface area contributed by atoms with Gasteiger partial charge in [-0.25, -0.2) is 0 Å². The van der Waals surface area contributed by atoms with Gasteiger partial charge in [0.2, 0.25) is 11.8 Å². The van der Waals surface area contributed by atoms with Crippen molar-refractivity contribution < 1.29 is 9.59 Å². The third kappa shape index (κ3) is 5.94. The number of benzene rings is 2. The monoisotopic (exact) mass is 406 g/mol. The van der Waals surface area contributed by atoms with Crippen molar-refractivity contribution in [3.63, 3.8) is 0 Å². The molecule has 0 heterocycles. The van der Waals surface area contributed by atoms with Gasteiger partial charge in [0, 0.05) is 25.4 Å². The van der Waals surface area contributed by atoms with E-state index in [2.05, 4.69) is 18.3 Å². The average Bonchev–Trinajstić information content (AvgIpc) is 2.78. The molecule has 0 aromatic heterocycles. The van der Waals surface area contributed by atoms with Crippen LogP contribution < -0.4 is 5.32 Å². The second-order valence-corrected chi connectivity index (χ2v) is 8.35. The Balaban J connectivity index is 1.87. The van der Waals surface area contributed by atoms with Crippen molar-refractivity contribution in [1.29, 1.82) is 0 Å². The first-order valence-electron chi connectivity index (χ1n) is 11.3. The van der Waals surface area contributed by atoms with E-state index >= 15 is 0 Å². The summed E-state index contributed by atoms with van der Waals surface area (Å²) in [5.41, 5.74) is 3.29. The lowest BCUT2D eigenvalue weighted by Crippen LogP contribution is -2.52. The maximum Gasteiger partial charge on any atom is 0.243 e. The Kier molecular flexibility index (Phi) is 8.06. The van der Waals surface area contributed by atoms with E-state index in [-0.39, 0.29) is 17.9 Å². The standard InChI is InChI=1S/C26H34N2O2/c1-3-25(29)28(19-22-15-11-10-12-20(22)2)24(18-21-13-6-4-7-14-21)26(30)27-23-16-8-5-9-17-23/h4,6-7,10-15,23-24H,3,5,8-9,16-19H2,1-2H3,(H,27,30)/t24-/m0/s1. The van der Waals surface area contributed by atoms with E-state index in [1.54, 1.807) is 4.90 Å². The zero-order valence-electron chi connectivity index (χ0n) is 18.3. The van der Waals surface area contributed by atoms with Crippen LogP contribution in [0.3, 0.4) is 0 Å². The summed E-state index contributed by atoms with van der Waals surface area (Å²) in [5, 5.41) is 3.27. The van der Waals surface area contributed by atoms with Crippen LogP contribution in [-0.2, 0) is 22.6 Å². The van der Waals surface area contributed by atoms with E-state index in [9.17, 15) is 9.59 Å². The summed E-state index contributed by atoms with van der Waals surface area (Å²) >= 11 is 0. The van der Waals surface area contributed by atoms with Crippen LogP contribution in [0.4, 0.5) is 0 Å². The second kappa shape index (κ2) is 11.0. The highest BCUT2D eigenvalue weighted by Gasteiger charge is 2.31. The van der Waals surface area contributed by atoms with Crippen LogP contribution in [0, 0.1) is 6.92 Å². The Morgan fingerprint density at radius 1 is 1.00 bits per heavy atom. The molecular formula is C26H34N2O2. The van der Waals surface area contributed by atoms with E-state index in [1.807, 2.05) is 55.5 Å². The number of nitrogens with zero attached hydrogens (tertiary/aromatic N) is 1. The fourth-order valence-electron chi connectivity index (χ4n) is 4.27. The Labute approximate surface area is 180 Å². The van der Waals surface area contributed by atoms with Gasteiger partial charge in [-0.2, -0.15) is 0 Å². The molecule has 1 saturated carbocycles. The number of hydrogen-bond acceptors (Lipinski definition) is 2. The number of nitrogens with one attached hydrogen (secondary N) is 1. The highest BCUT2D eigenvalue weighted by molar-refractivity contribution is 5.88. The van der Waals surface area contributed by atoms with E-state index in [0.717, 1.165) is 42.4 Å². The molecule has 2 aromatic carbocycles. The quantitative estimate of drug-likeness (QED) is 0.685. The molecule has 3 rings (SSSR count). The number of amides is 2. The molecule has 0 spiro atoms. The lowest BCUT2D eigenvalue weighted by Gasteiger charge is -2.33. The van der Waals surface area contributed by atoms with Gasteiger partial charge in [-0.05, 0) is 36.5 Å². The third-order valence-corrected chi connectivity index (χ3v) is 6.13. The van der Waals surface area contributed by atoms with Gasteiger partial charge < -0.3 is 10.2 Å². The SMILES string of the molecule is CCC(=O)N(Cc1ccccc1C)[C@@H](Cc1ccccc1)C(=O)NC1CCCCC1. The summed E-state index contributed by atoms with van der Waals surface area (Å²) < 4.78 is 0. The van der Waals surface area contributed by atoms with Crippen molar-refractivity contribution in [2.45, 2.75) is 77.4 Å². The van der Waals surface area contributed by atoms with Crippen molar-refractivity contribution in [1.82, 2.24) is 10.2 Å². The van der Waals surface area contributed by atoms with Gasteiger partial charge >= 0.3 is 0 Å². The first kappa shape index (κ1) is 22.1. The molecule has 160 valence electrons. The summed E-state index contributed by atoms with van der Waals surface area (Å²) in [4.78, 5) is 28.2. The summed E-state index contributed by atoms with van der Waals surface area (Å²) in [7, 11) is 0. The number of hydrogen-bond donors (Lipinski definition) is 1. The Hall–Kier alpha value is -2.62. The van der Waals surface area contributed by atoms with Crippen LogP contribution >= 0.6 is 0 Å². The molecule has 4 nitrogen and oxygen atoms in total. The first-order chi connectivity index (χ1) is 14.6. The minimum Gasteiger partial charge on any atom is -0.352 e. The smallest absolute Gasteiger partial charge is 0.243 e. The van der Waals surface area contributed by atoms with Crippen LogP contribution in [0.5, 0.6) is 0 Å². The maximum atomic E-state index is 13.4. The van der Waals surface area contributed by atoms with Crippen molar-refractivity contribution >= 4 is 11.8 Å². The number of aryl methyl sites for hydroxylation is 1. The zero-order chi connectivity index (χ0) is 21.3. The van der Waals surface area contributed by atoms with Crippen molar-refractivity contribution in [3.8, 4) is 0 Å². The van der Waals surface area contributed by atoms with E-state index in [1.165, 1.54) is 6.42 Å². The van der Waals surface area contributed by atoms with Gasteiger partial charge in [0.05, 0.1) is 0 Å². The van der Waals surface area contributed by atoms with Crippen LogP contribution in [-0.4, -0.2) is 28.8 Å². The van der Waals surface area contributed by atoms with Crippen LogP contribution in [0.15, 0.2) is 54.6 Å². The minimum atomic E-state index is -0.513. The molecule has 30 heavy (non-hydrogen) atoms. The summed E-state index contributed by atoms with van der Waals surface area (Å²) in [6.07, 6.45) is 6.54. The summed E-state index contributed by atoms with van der Waals surface area (Å²) in [6.45, 7) is 4.37. The molecule has 2 amide bonds. The van der Waals surface area contributed by atoms with Crippen LogP contribution in [0.1, 0.15) is 62.1 Å². The highest BCUT2D eigenvalue weighted by atomic mass is 16.2. The van der Waals surface area contributed by atoms with Crippen LogP contribution in [0.25, 0.3) is 0 Å². The first-order valence-corrected chi connectivity index (χ1v) is 11.3.